The Morgan fingerprint density at radius 1 is 1.19 bits per heavy atom. The van der Waals surface area contributed by atoms with Crippen molar-refractivity contribution < 1.29 is 4.74 Å². The summed E-state index contributed by atoms with van der Waals surface area (Å²) in [6.07, 6.45) is 5.93. The molecule has 0 saturated carbocycles. The first-order valence-corrected chi connectivity index (χ1v) is 9.21. The summed E-state index contributed by atoms with van der Waals surface area (Å²) in [5, 5.41) is 3.63. The molecule has 0 aliphatic carbocycles. The zero-order valence-electron chi connectivity index (χ0n) is 13.9. The van der Waals surface area contributed by atoms with E-state index < -0.39 is 0 Å². The van der Waals surface area contributed by atoms with Gasteiger partial charge < -0.3 is 10.1 Å². The highest BCUT2D eigenvalue weighted by atomic mass is 32.2. The summed E-state index contributed by atoms with van der Waals surface area (Å²) in [6.45, 7) is 10.6. The van der Waals surface area contributed by atoms with Crippen LogP contribution in [-0.4, -0.2) is 29.6 Å². The molecule has 0 aliphatic rings. The van der Waals surface area contributed by atoms with Crippen molar-refractivity contribution in [2.75, 3.05) is 24.7 Å². The second-order valence-corrected chi connectivity index (χ2v) is 6.82. The monoisotopic (exact) mass is 310 g/mol. The second kappa shape index (κ2) is 10.9. The average molecular weight is 311 g/mol. The van der Waals surface area contributed by atoms with Crippen molar-refractivity contribution in [3.8, 4) is 5.75 Å². The number of aromatic nitrogens is 1. The van der Waals surface area contributed by atoms with Gasteiger partial charge in [-0.3, -0.25) is 4.98 Å². The van der Waals surface area contributed by atoms with Gasteiger partial charge in [-0.1, -0.05) is 27.7 Å². The van der Waals surface area contributed by atoms with Crippen LogP contribution in [0.25, 0.3) is 0 Å². The molecule has 0 spiro atoms. The molecule has 1 heterocycles. The van der Waals surface area contributed by atoms with E-state index in [0.717, 1.165) is 43.4 Å². The van der Waals surface area contributed by atoms with Crippen molar-refractivity contribution in [1.82, 2.24) is 10.3 Å². The van der Waals surface area contributed by atoms with Gasteiger partial charge in [-0.2, -0.15) is 11.8 Å². The van der Waals surface area contributed by atoms with Crippen molar-refractivity contribution in [1.29, 1.82) is 0 Å². The van der Waals surface area contributed by atoms with Gasteiger partial charge in [0.15, 0.2) is 0 Å². The maximum Gasteiger partial charge on any atom is 0.137 e. The first kappa shape index (κ1) is 18.3. The molecule has 1 aromatic rings. The third-order valence-corrected chi connectivity index (χ3v) is 4.46. The summed E-state index contributed by atoms with van der Waals surface area (Å²) in [5.74, 6) is 3.89. The summed E-state index contributed by atoms with van der Waals surface area (Å²) in [5.41, 5.74) is 1.23. The first-order chi connectivity index (χ1) is 10.2. The Balaban J connectivity index is 2.66. The van der Waals surface area contributed by atoms with E-state index in [1.165, 1.54) is 11.3 Å². The maximum atomic E-state index is 5.70. The largest absolute Gasteiger partial charge is 0.492 e. The van der Waals surface area contributed by atoms with Crippen molar-refractivity contribution >= 4 is 11.8 Å². The summed E-state index contributed by atoms with van der Waals surface area (Å²) in [6, 6.07) is 2.48. The van der Waals surface area contributed by atoms with Gasteiger partial charge in [0.1, 0.15) is 5.75 Å². The van der Waals surface area contributed by atoms with Gasteiger partial charge >= 0.3 is 0 Å². The van der Waals surface area contributed by atoms with Crippen LogP contribution < -0.4 is 10.1 Å². The molecule has 3 nitrogen and oxygen atoms in total. The molecular weight excluding hydrogens is 280 g/mol. The lowest BCUT2D eigenvalue weighted by Gasteiger charge is -2.19. The Hall–Kier alpha value is -0.740. The number of hydrogen-bond donors (Lipinski definition) is 1. The molecule has 0 bridgehead atoms. The number of ether oxygens (including phenoxy) is 1. The van der Waals surface area contributed by atoms with Crippen LogP contribution in [-0.2, 0) is 0 Å². The Morgan fingerprint density at radius 3 is 2.67 bits per heavy atom. The number of nitrogens with zero attached hydrogens (tertiary/aromatic N) is 1. The van der Waals surface area contributed by atoms with Crippen molar-refractivity contribution in [3.05, 3.63) is 24.0 Å². The molecule has 0 aliphatic heterocycles. The van der Waals surface area contributed by atoms with Gasteiger partial charge in [0, 0.05) is 18.0 Å². The Kier molecular flexibility index (Phi) is 9.51. The second-order valence-electron chi connectivity index (χ2n) is 5.74. The van der Waals surface area contributed by atoms with Crippen LogP contribution in [0.1, 0.15) is 52.1 Å². The molecule has 0 radical (unpaired) electrons. The third kappa shape index (κ3) is 7.72. The fraction of sp³-hybridized carbons (Fsp3) is 0.706. The summed E-state index contributed by atoms with van der Waals surface area (Å²) in [4.78, 5) is 4.34. The third-order valence-electron chi connectivity index (χ3n) is 2.99. The number of rotatable bonds is 11. The van der Waals surface area contributed by atoms with Crippen LogP contribution in [0, 0.1) is 5.92 Å². The molecule has 1 rings (SSSR count). The smallest absolute Gasteiger partial charge is 0.137 e. The van der Waals surface area contributed by atoms with E-state index in [1.807, 2.05) is 18.0 Å². The lowest BCUT2D eigenvalue weighted by Crippen LogP contribution is -2.24. The zero-order valence-corrected chi connectivity index (χ0v) is 14.7. The van der Waals surface area contributed by atoms with E-state index in [0.29, 0.717) is 6.04 Å². The van der Waals surface area contributed by atoms with Gasteiger partial charge in [-0.15, -0.1) is 0 Å². The van der Waals surface area contributed by atoms with Crippen molar-refractivity contribution in [2.24, 2.45) is 5.92 Å². The molecule has 0 aromatic carbocycles. The van der Waals surface area contributed by atoms with E-state index in [-0.39, 0.29) is 0 Å². The minimum absolute atomic E-state index is 0.353. The van der Waals surface area contributed by atoms with Gasteiger partial charge in [0.2, 0.25) is 0 Å². The van der Waals surface area contributed by atoms with Crippen LogP contribution in [0.5, 0.6) is 5.75 Å². The van der Waals surface area contributed by atoms with Crippen LogP contribution in [0.4, 0.5) is 0 Å². The van der Waals surface area contributed by atoms with Crippen molar-refractivity contribution in [3.63, 3.8) is 0 Å². The molecule has 21 heavy (non-hydrogen) atoms. The van der Waals surface area contributed by atoms with E-state index in [9.17, 15) is 0 Å². The highest BCUT2D eigenvalue weighted by Gasteiger charge is 2.12. The molecule has 1 atom stereocenters. The molecule has 0 saturated heterocycles. The molecule has 120 valence electrons. The number of thioether (sulfide) groups is 1. The van der Waals surface area contributed by atoms with Crippen LogP contribution in [0.2, 0.25) is 0 Å². The number of pyridine rings is 1. The first-order valence-electron chi connectivity index (χ1n) is 8.06. The fourth-order valence-corrected chi connectivity index (χ4v) is 3.09. The molecular formula is C17H30N2OS. The maximum absolute atomic E-state index is 5.70. The van der Waals surface area contributed by atoms with E-state index in [4.69, 9.17) is 4.74 Å². The topological polar surface area (TPSA) is 34.2 Å². The molecule has 1 aromatic heterocycles. The van der Waals surface area contributed by atoms with Gasteiger partial charge in [-0.05, 0) is 42.7 Å². The normalized spacial score (nSPS) is 12.6. The van der Waals surface area contributed by atoms with E-state index in [1.54, 1.807) is 6.20 Å². The van der Waals surface area contributed by atoms with Gasteiger partial charge in [0.05, 0.1) is 12.8 Å². The lowest BCUT2D eigenvalue weighted by atomic mass is 10.1. The van der Waals surface area contributed by atoms with Crippen LogP contribution in [0.3, 0.4) is 0 Å². The Morgan fingerprint density at radius 2 is 2.00 bits per heavy atom. The van der Waals surface area contributed by atoms with Gasteiger partial charge in [-0.25, -0.2) is 0 Å². The SMILES string of the molecule is CCCNC(CSCC(C)C)c1cncc(OCCC)c1. The van der Waals surface area contributed by atoms with Gasteiger partial charge in [0.25, 0.3) is 0 Å². The number of hydrogen-bond acceptors (Lipinski definition) is 4. The number of nitrogens with one attached hydrogen (secondary N) is 1. The fourth-order valence-electron chi connectivity index (χ4n) is 1.94. The lowest BCUT2D eigenvalue weighted by molar-refractivity contribution is 0.315. The molecule has 1 N–H and O–H groups in total. The van der Waals surface area contributed by atoms with Crippen LogP contribution in [0.15, 0.2) is 18.5 Å². The molecule has 0 amide bonds. The van der Waals surface area contributed by atoms with Crippen LogP contribution >= 0.6 is 11.8 Å². The summed E-state index contributed by atoms with van der Waals surface area (Å²) < 4.78 is 5.70. The minimum Gasteiger partial charge on any atom is -0.492 e. The predicted octanol–water partition coefficient (Wildman–Crippen LogP) is 4.30. The summed E-state index contributed by atoms with van der Waals surface area (Å²) in [7, 11) is 0. The molecule has 0 fully saturated rings. The highest BCUT2D eigenvalue weighted by Crippen LogP contribution is 2.22. The predicted molar refractivity (Wildman–Crippen MR) is 93.2 cm³/mol. The van der Waals surface area contributed by atoms with E-state index in [2.05, 4.69) is 44.1 Å². The Labute approximate surface area is 134 Å². The summed E-state index contributed by atoms with van der Waals surface area (Å²) >= 11 is 2.01. The molecule has 4 heteroatoms. The molecule has 1 unspecified atom stereocenters. The standard InChI is InChI=1S/C17H30N2OS/c1-5-7-19-17(13-21-12-14(3)4)15-9-16(11-18-10-15)20-8-6-2/h9-11,14,17,19H,5-8,12-13H2,1-4H3. The Bertz CT molecular complexity index is 385. The average Bonchev–Trinajstić information content (AvgIpc) is 2.48. The van der Waals surface area contributed by atoms with Crippen molar-refractivity contribution in [2.45, 2.75) is 46.6 Å². The van der Waals surface area contributed by atoms with E-state index >= 15 is 0 Å². The quantitative estimate of drug-likeness (QED) is 0.661. The minimum atomic E-state index is 0.353. The highest BCUT2D eigenvalue weighted by molar-refractivity contribution is 7.99. The zero-order chi connectivity index (χ0) is 15.5.